The molecule has 0 unspecified atom stereocenters. The van der Waals surface area contributed by atoms with Gasteiger partial charge >= 0.3 is 5.97 Å². The lowest BCUT2D eigenvalue weighted by Gasteiger charge is -2.10. The molecule has 0 amide bonds. The van der Waals surface area contributed by atoms with Crippen LogP contribution in [0.1, 0.15) is 15.9 Å². The number of carbonyl (C=O) groups is 1. The van der Waals surface area contributed by atoms with Crippen LogP contribution in [0.2, 0.25) is 5.02 Å². The quantitative estimate of drug-likeness (QED) is 0.906. The van der Waals surface area contributed by atoms with Crippen LogP contribution < -0.4 is 5.56 Å². The van der Waals surface area contributed by atoms with E-state index in [-0.39, 0.29) is 11.1 Å². The first kappa shape index (κ1) is 12.4. The molecule has 0 spiro atoms. The van der Waals surface area contributed by atoms with Crippen molar-refractivity contribution < 1.29 is 9.90 Å². The number of hydrogen-bond donors (Lipinski definition) is 1. The summed E-state index contributed by atoms with van der Waals surface area (Å²) in [5.41, 5.74) is 1.05. The minimum atomic E-state index is -1.08. The van der Waals surface area contributed by atoms with Crippen molar-refractivity contribution in [2.24, 2.45) is 0 Å². The van der Waals surface area contributed by atoms with Crippen molar-refractivity contribution in [1.82, 2.24) is 4.57 Å². The van der Waals surface area contributed by atoms with E-state index in [0.717, 1.165) is 5.56 Å². The largest absolute Gasteiger partial charge is 0.478 e. The topological polar surface area (TPSA) is 59.3 Å². The van der Waals surface area contributed by atoms with E-state index in [1.165, 1.54) is 22.9 Å². The van der Waals surface area contributed by atoms with E-state index in [1.807, 2.05) is 0 Å². The molecule has 4 nitrogen and oxygen atoms in total. The predicted molar refractivity (Wildman–Crippen MR) is 68.7 cm³/mol. The number of aromatic carboxylic acids is 1. The molecule has 5 heteroatoms. The SMILES string of the molecule is Cc1c(Cl)cccc1-n1cc(C(=O)O)ccc1=O. The van der Waals surface area contributed by atoms with Gasteiger partial charge in [0, 0.05) is 17.3 Å². The standard InChI is InChI=1S/C13H10ClNO3/c1-8-10(14)3-2-4-11(8)15-7-9(13(17)18)5-6-12(15)16/h2-7H,1H3,(H,17,18). The van der Waals surface area contributed by atoms with E-state index in [0.29, 0.717) is 10.7 Å². The van der Waals surface area contributed by atoms with Gasteiger partial charge in [0.05, 0.1) is 11.3 Å². The molecule has 0 atom stereocenters. The Kier molecular flexibility index (Phi) is 3.21. The van der Waals surface area contributed by atoms with Crippen LogP contribution >= 0.6 is 11.6 Å². The van der Waals surface area contributed by atoms with Gasteiger partial charge in [0.25, 0.3) is 5.56 Å². The number of hydrogen-bond acceptors (Lipinski definition) is 2. The summed E-state index contributed by atoms with van der Waals surface area (Å²) in [6, 6.07) is 7.65. The molecule has 1 heterocycles. The Morgan fingerprint density at radius 1 is 1.28 bits per heavy atom. The normalized spacial score (nSPS) is 10.3. The van der Waals surface area contributed by atoms with E-state index in [1.54, 1.807) is 25.1 Å². The number of aromatic nitrogens is 1. The maximum atomic E-state index is 11.8. The molecule has 1 aromatic heterocycles. The summed E-state index contributed by atoms with van der Waals surface area (Å²) >= 11 is 5.99. The van der Waals surface area contributed by atoms with Gasteiger partial charge in [0.15, 0.2) is 0 Å². The summed E-state index contributed by atoms with van der Waals surface area (Å²) in [4.78, 5) is 22.7. The molecule has 1 aromatic carbocycles. The summed E-state index contributed by atoms with van der Waals surface area (Å²) in [5.74, 6) is -1.08. The van der Waals surface area contributed by atoms with Crippen LogP contribution in [0.25, 0.3) is 5.69 Å². The molecule has 18 heavy (non-hydrogen) atoms. The maximum Gasteiger partial charge on any atom is 0.337 e. The smallest absolute Gasteiger partial charge is 0.337 e. The molecule has 0 bridgehead atoms. The van der Waals surface area contributed by atoms with Gasteiger partial charge in [-0.2, -0.15) is 0 Å². The fourth-order valence-corrected chi connectivity index (χ4v) is 1.83. The van der Waals surface area contributed by atoms with Crippen molar-refractivity contribution in [2.45, 2.75) is 6.92 Å². The van der Waals surface area contributed by atoms with Crippen molar-refractivity contribution in [1.29, 1.82) is 0 Å². The molecule has 0 aliphatic carbocycles. The van der Waals surface area contributed by atoms with E-state index in [4.69, 9.17) is 16.7 Å². The highest BCUT2D eigenvalue weighted by Gasteiger charge is 2.09. The maximum absolute atomic E-state index is 11.8. The first-order valence-electron chi connectivity index (χ1n) is 5.22. The number of rotatable bonds is 2. The molecular formula is C13H10ClNO3. The monoisotopic (exact) mass is 263 g/mol. The van der Waals surface area contributed by atoms with Crippen LogP contribution in [-0.4, -0.2) is 15.6 Å². The first-order chi connectivity index (χ1) is 8.50. The number of nitrogens with zero attached hydrogens (tertiary/aromatic N) is 1. The number of carboxylic acids is 1. The summed E-state index contributed by atoms with van der Waals surface area (Å²) in [6.07, 6.45) is 1.29. The van der Waals surface area contributed by atoms with E-state index < -0.39 is 5.97 Å². The highest BCUT2D eigenvalue weighted by molar-refractivity contribution is 6.31. The molecular weight excluding hydrogens is 254 g/mol. The zero-order valence-corrected chi connectivity index (χ0v) is 10.3. The molecule has 0 aliphatic heterocycles. The second kappa shape index (κ2) is 4.66. The summed E-state index contributed by atoms with van der Waals surface area (Å²) < 4.78 is 1.28. The molecule has 1 N–H and O–H groups in total. The fraction of sp³-hybridized carbons (Fsp3) is 0.0769. The zero-order chi connectivity index (χ0) is 13.3. The van der Waals surface area contributed by atoms with Gasteiger partial charge in [0.2, 0.25) is 0 Å². The molecule has 0 saturated heterocycles. The third-order valence-electron chi connectivity index (χ3n) is 2.66. The van der Waals surface area contributed by atoms with Gasteiger partial charge in [0.1, 0.15) is 0 Å². The van der Waals surface area contributed by atoms with Crippen molar-refractivity contribution in [3.63, 3.8) is 0 Å². The Morgan fingerprint density at radius 3 is 2.67 bits per heavy atom. The summed E-state index contributed by atoms with van der Waals surface area (Å²) in [6.45, 7) is 1.78. The summed E-state index contributed by atoms with van der Waals surface area (Å²) in [7, 11) is 0. The Morgan fingerprint density at radius 2 is 2.00 bits per heavy atom. The Bertz CT molecular complexity index is 676. The van der Waals surface area contributed by atoms with Crippen molar-refractivity contribution in [3.8, 4) is 5.69 Å². The third kappa shape index (κ3) is 2.15. The lowest BCUT2D eigenvalue weighted by molar-refractivity contribution is 0.0696. The van der Waals surface area contributed by atoms with E-state index in [9.17, 15) is 9.59 Å². The minimum absolute atomic E-state index is 0.0500. The van der Waals surface area contributed by atoms with Gasteiger partial charge in [-0.05, 0) is 30.7 Å². The Hall–Kier alpha value is -2.07. The van der Waals surface area contributed by atoms with E-state index >= 15 is 0 Å². The minimum Gasteiger partial charge on any atom is -0.478 e. The zero-order valence-electron chi connectivity index (χ0n) is 9.55. The lowest BCUT2D eigenvalue weighted by Crippen LogP contribution is -2.19. The lowest BCUT2D eigenvalue weighted by atomic mass is 10.2. The van der Waals surface area contributed by atoms with Crippen LogP contribution in [-0.2, 0) is 0 Å². The molecule has 0 fully saturated rings. The van der Waals surface area contributed by atoms with Gasteiger partial charge in [-0.25, -0.2) is 4.79 Å². The van der Waals surface area contributed by atoms with Gasteiger partial charge < -0.3 is 5.11 Å². The van der Waals surface area contributed by atoms with Crippen molar-refractivity contribution in [3.05, 3.63) is 63.0 Å². The van der Waals surface area contributed by atoms with Gasteiger partial charge in [-0.3, -0.25) is 9.36 Å². The van der Waals surface area contributed by atoms with Crippen LogP contribution in [0.4, 0.5) is 0 Å². The van der Waals surface area contributed by atoms with Crippen LogP contribution in [0, 0.1) is 6.92 Å². The number of halogens is 1. The predicted octanol–water partition coefficient (Wildman–Crippen LogP) is 2.50. The Balaban J connectivity index is 2.70. The average Bonchev–Trinajstić information content (AvgIpc) is 2.33. The molecule has 2 aromatic rings. The number of benzene rings is 1. The number of carboxylic acid groups (broad SMARTS) is 1. The van der Waals surface area contributed by atoms with Crippen LogP contribution in [0.3, 0.4) is 0 Å². The fourth-order valence-electron chi connectivity index (χ4n) is 1.66. The second-order valence-electron chi connectivity index (χ2n) is 3.82. The number of pyridine rings is 1. The molecule has 0 saturated carbocycles. The third-order valence-corrected chi connectivity index (χ3v) is 3.07. The molecule has 0 aliphatic rings. The van der Waals surface area contributed by atoms with Crippen LogP contribution in [0.5, 0.6) is 0 Å². The van der Waals surface area contributed by atoms with Crippen molar-refractivity contribution in [2.75, 3.05) is 0 Å². The molecule has 0 radical (unpaired) electrons. The molecule has 2 rings (SSSR count). The van der Waals surface area contributed by atoms with Crippen molar-refractivity contribution >= 4 is 17.6 Å². The highest BCUT2D eigenvalue weighted by Crippen LogP contribution is 2.21. The second-order valence-corrected chi connectivity index (χ2v) is 4.22. The Labute approximate surface area is 108 Å². The average molecular weight is 264 g/mol. The first-order valence-corrected chi connectivity index (χ1v) is 5.60. The summed E-state index contributed by atoms with van der Waals surface area (Å²) in [5, 5.41) is 9.46. The van der Waals surface area contributed by atoms with Crippen LogP contribution in [0.15, 0.2) is 41.3 Å². The molecule has 92 valence electrons. The van der Waals surface area contributed by atoms with Gasteiger partial charge in [-0.1, -0.05) is 17.7 Å². The van der Waals surface area contributed by atoms with E-state index in [2.05, 4.69) is 0 Å². The van der Waals surface area contributed by atoms with Gasteiger partial charge in [-0.15, -0.1) is 0 Å². The highest BCUT2D eigenvalue weighted by atomic mass is 35.5.